The summed E-state index contributed by atoms with van der Waals surface area (Å²) in [5.41, 5.74) is 2.80. The molecule has 0 bridgehead atoms. The summed E-state index contributed by atoms with van der Waals surface area (Å²) in [6.07, 6.45) is 2.81. The molecule has 3 heterocycles. The second-order valence-corrected chi connectivity index (χ2v) is 9.33. The number of hydrogen-bond acceptors (Lipinski definition) is 5. The Kier molecular flexibility index (Phi) is 6.37. The van der Waals surface area contributed by atoms with Crippen molar-refractivity contribution in [1.82, 2.24) is 20.2 Å². The van der Waals surface area contributed by atoms with Gasteiger partial charge in [-0.05, 0) is 56.2 Å². The van der Waals surface area contributed by atoms with Gasteiger partial charge >= 0.3 is 0 Å². The Bertz CT molecular complexity index is 1110. The summed E-state index contributed by atoms with van der Waals surface area (Å²) >= 11 is 1.71. The van der Waals surface area contributed by atoms with E-state index in [2.05, 4.69) is 51.0 Å². The van der Waals surface area contributed by atoms with Gasteiger partial charge in [-0.3, -0.25) is 9.59 Å². The van der Waals surface area contributed by atoms with Crippen molar-refractivity contribution in [3.8, 4) is 10.4 Å². The van der Waals surface area contributed by atoms with Gasteiger partial charge in [-0.1, -0.05) is 30.3 Å². The van der Waals surface area contributed by atoms with Gasteiger partial charge in [0.15, 0.2) is 0 Å². The van der Waals surface area contributed by atoms with Crippen LogP contribution in [0.4, 0.5) is 0 Å². The van der Waals surface area contributed by atoms with E-state index in [4.69, 9.17) is 0 Å². The highest BCUT2D eigenvalue weighted by molar-refractivity contribution is 7.13. The molecular formula is C25H28N4O2S. The highest BCUT2D eigenvalue weighted by Crippen LogP contribution is 2.36. The molecule has 0 aliphatic carbocycles. The highest BCUT2D eigenvalue weighted by atomic mass is 32.1. The lowest BCUT2D eigenvalue weighted by molar-refractivity contribution is -0.130. The van der Waals surface area contributed by atoms with Crippen molar-refractivity contribution in [2.75, 3.05) is 19.6 Å². The van der Waals surface area contributed by atoms with E-state index >= 15 is 0 Å². The number of carbonyl (C=O) groups is 2. The summed E-state index contributed by atoms with van der Waals surface area (Å²) in [6.45, 7) is 7.04. The first-order valence-electron chi connectivity index (χ1n) is 10.9. The Morgan fingerprint density at radius 2 is 1.97 bits per heavy atom. The van der Waals surface area contributed by atoms with E-state index in [1.807, 2.05) is 19.9 Å². The molecule has 0 spiro atoms. The second kappa shape index (κ2) is 9.20. The van der Waals surface area contributed by atoms with Crippen LogP contribution in [0.25, 0.3) is 10.4 Å². The fourth-order valence-corrected chi connectivity index (χ4v) is 5.12. The predicted octanol–water partition coefficient (Wildman–Crippen LogP) is 4.03. The lowest BCUT2D eigenvalue weighted by atomic mass is 9.79. The lowest BCUT2D eigenvalue weighted by Gasteiger charge is -2.28. The third kappa shape index (κ3) is 4.43. The number of nitrogens with one attached hydrogen (secondary N) is 1. The van der Waals surface area contributed by atoms with Gasteiger partial charge in [0.25, 0.3) is 5.91 Å². The molecule has 166 valence electrons. The summed E-state index contributed by atoms with van der Waals surface area (Å²) in [5, 5.41) is 5.07. The molecule has 1 unspecified atom stereocenters. The first kappa shape index (κ1) is 22.1. The molecule has 7 heteroatoms. The first-order valence-corrected chi connectivity index (χ1v) is 11.8. The molecule has 0 radical (unpaired) electrons. The van der Waals surface area contributed by atoms with Gasteiger partial charge in [0.05, 0.1) is 16.7 Å². The number of likely N-dealkylation sites (tertiary alicyclic amines) is 1. The summed E-state index contributed by atoms with van der Waals surface area (Å²) in [4.78, 5) is 37.9. The van der Waals surface area contributed by atoms with E-state index in [1.54, 1.807) is 29.4 Å². The van der Waals surface area contributed by atoms with Gasteiger partial charge in [-0.25, -0.2) is 9.97 Å². The molecule has 32 heavy (non-hydrogen) atoms. The van der Waals surface area contributed by atoms with Crippen LogP contribution >= 0.6 is 11.3 Å². The number of amides is 2. The van der Waals surface area contributed by atoms with Crippen molar-refractivity contribution < 1.29 is 9.59 Å². The van der Waals surface area contributed by atoms with Crippen molar-refractivity contribution in [1.29, 1.82) is 0 Å². The Morgan fingerprint density at radius 1 is 1.19 bits per heavy atom. The van der Waals surface area contributed by atoms with E-state index < -0.39 is 5.41 Å². The molecule has 0 saturated carbocycles. The minimum Gasteiger partial charge on any atom is -0.356 e. The molecule has 1 N–H and O–H groups in total. The fourth-order valence-electron chi connectivity index (χ4n) is 4.39. The van der Waals surface area contributed by atoms with Gasteiger partial charge in [-0.2, -0.15) is 0 Å². The van der Waals surface area contributed by atoms with E-state index in [-0.39, 0.29) is 11.8 Å². The van der Waals surface area contributed by atoms with Crippen LogP contribution in [0.5, 0.6) is 0 Å². The molecule has 6 nitrogen and oxygen atoms in total. The molecule has 2 amide bonds. The normalized spacial score (nSPS) is 18.0. The van der Waals surface area contributed by atoms with Crippen LogP contribution in [-0.4, -0.2) is 46.3 Å². The van der Waals surface area contributed by atoms with Gasteiger partial charge in [0.2, 0.25) is 5.91 Å². The van der Waals surface area contributed by atoms with Crippen LogP contribution in [0.2, 0.25) is 0 Å². The Hall–Kier alpha value is -3.06. The summed E-state index contributed by atoms with van der Waals surface area (Å²) < 4.78 is 0. The molecule has 1 fully saturated rings. The van der Waals surface area contributed by atoms with E-state index in [1.165, 1.54) is 10.4 Å². The predicted molar refractivity (Wildman–Crippen MR) is 127 cm³/mol. The van der Waals surface area contributed by atoms with E-state index in [0.29, 0.717) is 49.6 Å². The number of nitrogens with zero attached hydrogens (tertiary/aromatic N) is 3. The quantitative estimate of drug-likeness (QED) is 0.618. The Balaban J connectivity index is 1.56. The first-order chi connectivity index (χ1) is 15.4. The van der Waals surface area contributed by atoms with Gasteiger partial charge in [0.1, 0.15) is 5.82 Å². The molecule has 4 rings (SSSR count). The van der Waals surface area contributed by atoms with Crippen molar-refractivity contribution in [3.63, 3.8) is 0 Å². The van der Waals surface area contributed by atoms with Gasteiger partial charge < -0.3 is 10.2 Å². The maximum Gasteiger partial charge on any atom is 0.257 e. The number of aryl methyl sites for hydroxylation is 2. The molecule has 1 aliphatic heterocycles. The fraction of sp³-hybridized carbons (Fsp3) is 0.360. The van der Waals surface area contributed by atoms with Crippen molar-refractivity contribution >= 4 is 23.2 Å². The lowest BCUT2D eigenvalue weighted by Crippen LogP contribution is -2.45. The summed E-state index contributed by atoms with van der Waals surface area (Å²) in [7, 11) is 0. The van der Waals surface area contributed by atoms with E-state index in [9.17, 15) is 9.59 Å². The third-order valence-corrected chi connectivity index (χ3v) is 7.01. The number of rotatable bonds is 6. The third-order valence-electron chi connectivity index (χ3n) is 6.09. The number of benzene rings is 1. The highest BCUT2D eigenvalue weighted by Gasteiger charge is 2.46. The van der Waals surface area contributed by atoms with Crippen molar-refractivity contribution in [3.05, 3.63) is 70.6 Å². The van der Waals surface area contributed by atoms with Crippen LogP contribution in [0.3, 0.4) is 0 Å². The van der Waals surface area contributed by atoms with Gasteiger partial charge in [0, 0.05) is 30.7 Å². The average Bonchev–Trinajstić information content (AvgIpc) is 3.45. The average molecular weight is 449 g/mol. The molecule has 3 aromatic rings. The molecular weight excluding hydrogens is 420 g/mol. The number of aromatic nitrogens is 2. The van der Waals surface area contributed by atoms with Crippen LogP contribution < -0.4 is 5.32 Å². The largest absolute Gasteiger partial charge is 0.356 e. The molecule has 1 aliphatic rings. The van der Waals surface area contributed by atoms with Crippen molar-refractivity contribution in [2.45, 2.75) is 33.6 Å². The maximum absolute atomic E-state index is 13.2. The zero-order valence-electron chi connectivity index (χ0n) is 18.7. The zero-order chi connectivity index (χ0) is 22.7. The SMILES string of the molecule is CCNC(=O)C1(Cc2ccc(-c3cccs3)cc2)CCN(C(=O)c2cnc(C)nc2C)C1. The maximum atomic E-state index is 13.2. The summed E-state index contributed by atoms with van der Waals surface area (Å²) in [6, 6.07) is 12.6. The summed E-state index contributed by atoms with van der Waals surface area (Å²) in [5.74, 6) is 0.541. The topological polar surface area (TPSA) is 75.2 Å². The second-order valence-electron chi connectivity index (χ2n) is 8.38. The minimum absolute atomic E-state index is 0.00881. The zero-order valence-corrected chi connectivity index (χ0v) is 19.5. The molecule has 2 aromatic heterocycles. The Morgan fingerprint density at radius 3 is 2.62 bits per heavy atom. The van der Waals surface area contributed by atoms with Crippen LogP contribution in [0.15, 0.2) is 48.0 Å². The number of hydrogen-bond donors (Lipinski definition) is 1. The number of carbonyl (C=O) groups excluding carboxylic acids is 2. The molecule has 1 atom stereocenters. The molecule has 1 saturated heterocycles. The van der Waals surface area contributed by atoms with E-state index in [0.717, 1.165) is 5.56 Å². The smallest absolute Gasteiger partial charge is 0.257 e. The number of thiophene rings is 1. The van der Waals surface area contributed by atoms with Crippen LogP contribution in [0.1, 0.15) is 40.8 Å². The molecule has 1 aromatic carbocycles. The van der Waals surface area contributed by atoms with Gasteiger partial charge in [-0.15, -0.1) is 11.3 Å². The minimum atomic E-state index is -0.643. The standard InChI is InChI=1S/C25H28N4O2S/c1-4-26-24(31)25(14-19-7-9-20(10-8-19)22-6-5-13-32-22)11-12-29(16-25)23(30)21-15-27-18(3)28-17(21)2/h5-10,13,15H,4,11-12,14,16H2,1-3H3,(H,26,31). The Labute approximate surface area is 192 Å². The van der Waals surface area contributed by atoms with Crippen LogP contribution in [0, 0.1) is 19.3 Å². The van der Waals surface area contributed by atoms with Crippen LogP contribution in [-0.2, 0) is 11.2 Å². The monoisotopic (exact) mass is 448 g/mol. The van der Waals surface area contributed by atoms with Crippen molar-refractivity contribution in [2.24, 2.45) is 5.41 Å².